The Hall–Kier alpha value is -2.95. The Balaban J connectivity index is 1.82. The van der Waals surface area contributed by atoms with Crippen LogP contribution in [0.4, 0.5) is 11.5 Å². The van der Waals surface area contributed by atoms with E-state index in [0.29, 0.717) is 23.3 Å². The largest absolute Gasteiger partial charge is 0.398 e. The molecule has 132 valence electrons. The van der Waals surface area contributed by atoms with Crippen molar-refractivity contribution in [1.82, 2.24) is 9.97 Å². The van der Waals surface area contributed by atoms with E-state index in [1.54, 1.807) is 0 Å². The summed E-state index contributed by atoms with van der Waals surface area (Å²) in [4.78, 5) is 14.2. The number of hydrogen-bond donors (Lipinski definition) is 2. The van der Waals surface area contributed by atoms with Gasteiger partial charge in [0.25, 0.3) is 0 Å². The number of nitrogen functional groups attached to an aromatic ring is 1. The van der Waals surface area contributed by atoms with Crippen molar-refractivity contribution in [2.45, 2.75) is 38.0 Å². The number of aromatic nitrogens is 2. The van der Waals surface area contributed by atoms with Gasteiger partial charge in [0.1, 0.15) is 11.7 Å². The van der Waals surface area contributed by atoms with Gasteiger partial charge in [-0.25, -0.2) is 15.0 Å². The summed E-state index contributed by atoms with van der Waals surface area (Å²) in [5.41, 5.74) is 14.6. The standard InChI is InChI=1S/C21H23N5/c22-17-12-6-4-10-15(17)19(23)25-21-16-11-5-7-13-18(16)24-20(26-21)14-8-2-1-3-9-14/h4-7,10-14H,1-3,8-9,22H2,(H2,23,24,25,26). The van der Waals surface area contributed by atoms with Crippen LogP contribution in [0.15, 0.2) is 53.5 Å². The normalized spacial score (nSPS) is 16.1. The predicted octanol–water partition coefficient (Wildman–Crippen LogP) is 4.30. The van der Waals surface area contributed by atoms with E-state index in [0.717, 1.165) is 35.1 Å². The number of hydrogen-bond acceptors (Lipinski definition) is 4. The van der Waals surface area contributed by atoms with Gasteiger partial charge in [0.2, 0.25) is 0 Å². The molecule has 1 aliphatic carbocycles. The number of anilines is 1. The average molecular weight is 345 g/mol. The molecule has 1 saturated carbocycles. The number of benzene rings is 2. The Labute approximate surface area is 153 Å². The quantitative estimate of drug-likeness (QED) is 0.421. The highest BCUT2D eigenvalue weighted by atomic mass is 15.0. The minimum atomic E-state index is 0.376. The summed E-state index contributed by atoms with van der Waals surface area (Å²) in [7, 11) is 0. The fourth-order valence-electron chi connectivity index (χ4n) is 3.61. The van der Waals surface area contributed by atoms with Gasteiger partial charge >= 0.3 is 0 Å². The van der Waals surface area contributed by atoms with E-state index in [9.17, 15) is 0 Å². The second-order valence-corrected chi connectivity index (χ2v) is 6.84. The molecular formula is C21H23N5. The monoisotopic (exact) mass is 345 g/mol. The van der Waals surface area contributed by atoms with Crippen LogP contribution in [0.2, 0.25) is 0 Å². The van der Waals surface area contributed by atoms with E-state index in [2.05, 4.69) is 4.99 Å². The van der Waals surface area contributed by atoms with Crippen LogP contribution in [-0.4, -0.2) is 15.8 Å². The summed E-state index contributed by atoms with van der Waals surface area (Å²) >= 11 is 0. The van der Waals surface area contributed by atoms with Crippen molar-refractivity contribution in [2.75, 3.05) is 5.73 Å². The second-order valence-electron chi connectivity index (χ2n) is 6.84. The zero-order valence-electron chi connectivity index (χ0n) is 14.7. The molecule has 0 unspecified atom stereocenters. The summed E-state index contributed by atoms with van der Waals surface area (Å²) in [6.07, 6.45) is 6.06. The number of nitrogens with zero attached hydrogens (tertiary/aromatic N) is 3. The highest BCUT2D eigenvalue weighted by molar-refractivity contribution is 6.04. The van der Waals surface area contributed by atoms with E-state index >= 15 is 0 Å². The fraction of sp³-hybridized carbons (Fsp3) is 0.286. The molecule has 0 bridgehead atoms. The van der Waals surface area contributed by atoms with E-state index < -0.39 is 0 Å². The summed E-state index contributed by atoms with van der Waals surface area (Å²) < 4.78 is 0. The van der Waals surface area contributed by atoms with E-state index in [-0.39, 0.29) is 0 Å². The fourth-order valence-corrected chi connectivity index (χ4v) is 3.61. The second kappa shape index (κ2) is 7.12. The zero-order valence-corrected chi connectivity index (χ0v) is 14.7. The van der Waals surface area contributed by atoms with Crippen LogP contribution >= 0.6 is 0 Å². The van der Waals surface area contributed by atoms with Gasteiger partial charge in [-0.3, -0.25) is 0 Å². The molecular weight excluding hydrogens is 322 g/mol. The molecule has 0 aliphatic heterocycles. The Morgan fingerprint density at radius 3 is 2.46 bits per heavy atom. The molecule has 0 spiro atoms. The minimum Gasteiger partial charge on any atom is -0.398 e. The van der Waals surface area contributed by atoms with Crippen LogP contribution in [0, 0.1) is 0 Å². The molecule has 4 N–H and O–H groups in total. The van der Waals surface area contributed by atoms with Crippen LogP contribution in [-0.2, 0) is 0 Å². The number of rotatable bonds is 3. The third kappa shape index (κ3) is 3.25. The van der Waals surface area contributed by atoms with Gasteiger partial charge in [-0.05, 0) is 37.1 Å². The number of nitrogens with two attached hydrogens (primary N) is 2. The zero-order chi connectivity index (χ0) is 17.9. The Morgan fingerprint density at radius 1 is 0.923 bits per heavy atom. The molecule has 5 nitrogen and oxygen atoms in total. The molecule has 0 radical (unpaired) electrons. The summed E-state index contributed by atoms with van der Waals surface area (Å²) in [6.45, 7) is 0. The van der Waals surface area contributed by atoms with Crippen molar-refractivity contribution in [3.05, 3.63) is 59.9 Å². The van der Waals surface area contributed by atoms with E-state index in [1.165, 1.54) is 19.3 Å². The molecule has 0 atom stereocenters. The Morgan fingerprint density at radius 2 is 1.65 bits per heavy atom. The van der Waals surface area contributed by atoms with E-state index in [4.69, 9.17) is 21.4 Å². The van der Waals surface area contributed by atoms with Crippen LogP contribution in [0.1, 0.15) is 49.4 Å². The lowest BCUT2D eigenvalue weighted by atomic mass is 9.88. The third-order valence-corrected chi connectivity index (χ3v) is 5.03. The molecule has 5 heteroatoms. The van der Waals surface area contributed by atoms with Gasteiger partial charge in [0, 0.05) is 22.6 Å². The Kier molecular flexibility index (Phi) is 4.52. The maximum absolute atomic E-state index is 6.26. The van der Waals surface area contributed by atoms with Gasteiger partial charge in [-0.15, -0.1) is 0 Å². The number of amidine groups is 1. The number of para-hydroxylation sites is 2. The summed E-state index contributed by atoms with van der Waals surface area (Å²) in [5, 5.41) is 0.907. The van der Waals surface area contributed by atoms with Crippen molar-refractivity contribution in [1.29, 1.82) is 0 Å². The molecule has 3 aromatic rings. The first-order valence-corrected chi connectivity index (χ1v) is 9.18. The minimum absolute atomic E-state index is 0.376. The van der Waals surface area contributed by atoms with Crippen LogP contribution in [0.25, 0.3) is 10.9 Å². The molecule has 1 aliphatic rings. The molecule has 2 aromatic carbocycles. The Bertz CT molecular complexity index is 958. The van der Waals surface area contributed by atoms with Crippen LogP contribution < -0.4 is 11.5 Å². The predicted molar refractivity (Wildman–Crippen MR) is 107 cm³/mol. The molecule has 0 saturated heterocycles. The van der Waals surface area contributed by atoms with Crippen LogP contribution in [0.3, 0.4) is 0 Å². The van der Waals surface area contributed by atoms with E-state index in [1.807, 2.05) is 48.5 Å². The lowest BCUT2D eigenvalue weighted by Crippen LogP contribution is -2.15. The first-order chi connectivity index (χ1) is 12.7. The van der Waals surface area contributed by atoms with Crippen LogP contribution in [0.5, 0.6) is 0 Å². The molecule has 1 heterocycles. The van der Waals surface area contributed by atoms with Crippen molar-refractivity contribution in [2.24, 2.45) is 10.7 Å². The summed E-state index contributed by atoms with van der Waals surface area (Å²) in [5.74, 6) is 2.29. The van der Waals surface area contributed by atoms with Gasteiger partial charge in [-0.2, -0.15) is 0 Å². The van der Waals surface area contributed by atoms with Gasteiger partial charge in [0.05, 0.1) is 5.52 Å². The lowest BCUT2D eigenvalue weighted by Gasteiger charge is -2.20. The maximum Gasteiger partial charge on any atom is 0.165 e. The molecule has 1 fully saturated rings. The molecule has 1 aromatic heterocycles. The third-order valence-electron chi connectivity index (χ3n) is 5.03. The van der Waals surface area contributed by atoms with Crippen molar-refractivity contribution in [3.63, 3.8) is 0 Å². The van der Waals surface area contributed by atoms with Crippen molar-refractivity contribution >= 4 is 28.2 Å². The van der Waals surface area contributed by atoms with Gasteiger partial charge in [-0.1, -0.05) is 43.5 Å². The first-order valence-electron chi connectivity index (χ1n) is 9.18. The van der Waals surface area contributed by atoms with Crippen molar-refractivity contribution in [3.8, 4) is 0 Å². The molecule has 0 amide bonds. The summed E-state index contributed by atoms with van der Waals surface area (Å²) in [6, 6.07) is 15.4. The highest BCUT2D eigenvalue weighted by Crippen LogP contribution is 2.33. The lowest BCUT2D eigenvalue weighted by molar-refractivity contribution is 0.430. The van der Waals surface area contributed by atoms with Gasteiger partial charge in [0.15, 0.2) is 5.82 Å². The average Bonchev–Trinajstić information content (AvgIpc) is 2.69. The first kappa shape index (κ1) is 16.5. The van der Waals surface area contributed by atoms with Gasteiger partial charge < -0.3 is 11.5 Å². The number of fused-ring (bicyclic) bond motifs is 1. The SMILES string of the molecule is NC(=Nc1nc(C2CCCCC2)nc2ccccc12)c1ccccc1N. The number of aliphatic imine (C=N–C) groups is 1. The molecule has 26 heavy (non-hydrogen) atoms. The topological polar surface area (TPSA) is 90.2 Å². The maximum atomic E-state index is 6.26. The highest BCUT2D eigenvalue weighted by Gasteiger charge is 2.20. The van der Waals surface area contributed by atoms with Crippen molar-refractivity contribution < 1.29 is 0 Å². The smallest absolute Gasteiger partial charge is 0.165 e. The molecule has 4 rings (SSSR count).